The van der Waals surface area contributed by atoms with Crippen molar-refractivity contribution in [2.75, 3.05) is 25.0 Å². The van der Waals surface area contributed by atoms with Gasteiger partial charge in [0.05, 0.1) is 16.7 Å². The van der Waals surface area contributed by atoms with Gasteiger partial charge in [0, 0.05) is 24.7 Å². The van der Waals surface area contributed by atoms with Crippen molar-refractivity contribution in [3.05, 3.63) is 33.8 Å². The number of halogens is 2. The molecule has 2 heterocycles. The molecule has 1 saturated heterocycles. The van der Waals surface area contributed by atoms with Crippen LogP contribution in [0.4, 0.5) is 10.5 Å². The Bertz CT molecular complexity index is 757. The zero-order chi connectivity index (χ0) is 18.0. The Morgan fingerprint density at radius 1 is 1.44 bits per heavy atom. The first kappa shape index (κ1) is 17.8. The zero-order valence-electron chi connectivity index (χ0n) is 14.0. The first-order chi connectivity index (χ1) is 12.0. The van der Waals surface area contributed by atoms with E-state index < -0.39 is 0 Å². The summed E-state index contributed by atoms with van der Waals surface area (Å²) in [5.41, 5.74) is 0.528. The summed E-state index contributed by atoms with van der Waals surface area (Å²) in [5, 5.41) is 10.6. The SMILES string of the molecule is CCOc1c(Cl)cc(NC(=O)N2CC[C@H](c3n[nH]c(C)n3)C2)cc1Cl. The van der Waals surface area contributed by atoms with Crippen molar-refractivity contribution in [3.8, 4) is 5.75 Å². The molecule has 9 heteroatoms. The van der Waals surface area contributed by atoms with E-state index in [4.69, 9.17) is 27.9 Å². The highest BCUT2D eigenvalue weighted by molar-refractivity contribution is 6.37. The number of rotatable bonds is 4. The molecule has 1 aromatic heterocycles. The number of nitrogens with one attached hydrogen (secondary N) is 2. The van der Waals surface area contributed by atoms with E-state index in [9.17, 15) is 4.79 Å². The average Bonchev–Trinajstić information content (AvgIpc) is 3.19. The van der Waals surface area contributed by atoms with Crippen LogP contribution in [-0.2, 0) is 0 Å². The minimum absolute atomic E-state index is 0.142. The normalized spacial score (nSPS) is 17.0. The third-order valence-corrected chi connectivity index (χ3v) is 4.55. The molecule has 0 bridgehead atoms. The van der Waals surface area contributed by atoms with Crippen LogP contribution in [0.5, 0.6) is 5.75 Å². The number of nitrogens with zero attached hydrogens (tertiary/aromatic N) is 3. The van der Waals surface area contributed by atoms with E-state index in [2.05, 4.69) is 20.5 Å². The molecule has 2 N–H and O–H groups in total. The van der Waals surface area contributed by atoms with Gasteiger partial charge >= 0.3 is 6.03 Å². The Hall–Kier alpha value is -1.99. The third-order valence-electron chi connectivity index (χ3n) is 3.99. The monoisotopic (exact) mass is 383 g/mol. The van der Waals surface area contributed by atoms with Crippen LogP contribution >= 0.6 is 23.2 Å². The van der Waals surface area contributed by atoms with Crippen LogP contribution in [0.25, 0.3) is 0 Å². The molecular weight excluding hydrogens is 365 g/mol. The molecule has 0 unspecified atom stereocenters. The Morgan fingerprint density at radius 2 is 2.16 bits per heavy atom. The summed E-state index contributed by atoms with van der Waals surface area (Å²) in [6, 6.07) is 3.05. The predicted octanol–water partition coefficient (Wildman–Crippen LogP) is 3.84. The fraction of sp³-hybridized carbons (Fsp3) is 0.438. The first-order valence-electron chi connectivity index (χ1n) is 8.04. The van der Waals surface area contributed by atoms with Gasteiger partial charge < -0.3 is 15.0 Å². The zero-order valence-corrected chi connectivity index (χ0v) is 15.5. The van der Waals surface area contributed by atoms with Gasteiger partial charge in [-0.15, -0.1) is 0 Å². The highest BCUT2D eigenvalue weighted by atomic mass is 35.5. The molecule has 1 aliphatic heterocycles. The van der Waals surface area contributed by atoms with Crippen LogP contribution in [0.2, 0.25) is 10.0 Å². The number of amides is 2. The topological polar surface area (TPSA) is 83.1 Å². The van der Waals surface area contributed by atoms with Crippen molar-refractivity contribution in [2.24, 2.45) is 0 Å². The number of H-pyrrole nitrogens is 1. The molecule has 1 atom stereocenters. The van der Waals surface area contributed by atoms with Gasteiger partial charge in [-0.05, 0) is 32.4 Å². The number of anilines is 1. The number of hydrogen-bond acceptors (Lipinski definition) is 4. The molecule has 0 spiro atoms. The van der Waals surface area contributed by atoms with Crippen molar-refractivity contribution < 1.29 is 9.53 Å². The maximum atomic E-state index is 12.5. The van der Waals surface area contributed by atoms with E-state index in [1.54, 1.807) is 17.0 Å². The molecule has 1 aromatic carbocycles. The lowest BCUT2D eigenvalue weighted by molar-refractivity contribution is 0.222. The summed E-state index contributed by atoms with van der Waals surface area (Å²) in [6.45, 7) is 5.38. The van der Waals surface area contributed by atoms with Gasteiger partial charge in [0.2, 0.25) is 0 Å². The number of benzene rings is 1. The molecule has 0 radical (unpaired) electrons. The van der Waals surface area contributed by atoms with Gasteiger partial charge in [-0.1, -0.05) is 23.2 Å². The maximum Gasteiger partial charge on any atom is 0.321 e. The van der Waals surface area contributed by atoms with Gasteiger partial charge in [0.25, 0.3) is 0 Å². The maximum absolute atomic E-state index is 12.5. The highest BCUT2D eigenvalue weighted by Gasteiger charge is 2.30. The van der Waals surface area contributed by atoms with Gasteiger partial charge in [-0.2, -0.15) is 5.10 Å². The van der Waals surface area contributed by atoms with Gasteiger partial charge in [-0.3, -0.25) is 5.10 Å². The second-order valence-corrected chi connectivity index (χ2v) is 6.66. The molecule has 134 valence electrons. The smallest absolute Gasteiger partial charge is 0.321 e. The first-order valence-corrected chi connectivity index (χ1v) is 8.80. The minimum Gasteiger partial charge on any atom is -0.491 e. The molecule has 2 aromatic rings. The Labute approximate surface area is 155 Å². The summed E-state index contributed by atoms with van der Waals surface area (Å²) in [4.78, 5) is 18.6. The Morgan fingerprint density at radius 3 is 2.76 bits per heavy atom. The molecular formula is C16H19Cl2N5O2. The number of aryl methyl sites for hydroxylation is 1. The van der Waals surface area contributed by atoms with E-state index in [0.717, 1.165) is 18.1 Å². The molecule has 25 heavy (non-hydrogen) atoms. The summed E-state index contributed by atoms with van der Waals surface area (Å²) in [7, 11) is 0. The van der Waals surface area contributed by atoms with Crippen LogP contribution < -0.4 is 10.1 Å². The number of carbonyl (C=O) groups is 1. The van der Waals surface area contributed by atoms with Crippen LogP contribution in [0.3, 0.4) is 0 Å². The predicted molar refractivity (Wildman–Crippen MR) is 96.7 cm³/mol. The number of urea groups is 1. The van der Waals surface area contributed by atoms with Gasteiger partial charge in [0.1, 0.15) is 5.82 Å². The van der Waals surface area contributed by atoms with Crippen LogP contribution in [0.15, 0.2) is 12.1 Å². The highest BCUT2D eigenvalue weighted by Crippen LogP contribution is 2.36. The standard InChI is InChI=1S/C16H19Cl2N5O2/c1-3-25-14-12(17)6-11(7-13(14)18)20-16(24)23-5-4-10(8-23)15-19-9(2)21-22-15/h6-7,10H,3-5,8H2,1-2H3,(H,20,24)(H,19,21,22)/t10-/m0/s1. The lowest BCUT2D eigenvalue weighted by Crippen LogP contribution is -2.32. The molecule has 0 saturated carbocycles. The molecule has 1 aliphatic rings. The lowest BCUT2D eigenvalue weighted by Gasteiger charge is -2.18. The van der Waals surface area contributed by atoms with Crippen LogP contribution in [-0.4, -0.2) is 45.8 Å². The van der Waals surface area contributed by atoms with E-state index in [1.807, 2.05) is 13.8 Å². The average molecular weight is 384 g/mol. The van der Waals surface area contributed by atoms with E-state index in [1.165, 1.54) is 0 Å². The fourth-order valence-corrected chi connectivity index (χ4v) is 3.41. The van der Waals surface area contributed by atoms with Crippen molar-refractivity contribution in [1.29, 1.82) is 0 Å². The van der Waals surface area contributed by atoms with Gasteiger partial charge in [-0.25, -0.2) is 9.78 Å². The Kier molecular flexibility index (Phi) is 5.34. The van der Waals surface area contributed by atoms with Crippen molar-refractivity contribution in [2.45, 2.75) is 26.2 Å². The van der Waals surface area contributed by atoms with E-state index in [-0.39, 0.29) is 11.9 Å². The number of ether oxygens (including phenoxy) is 1. The molecule has 1 fully saturated rings. The summed E-state index contributed by atoms with van der Waals surface area (Å²) >= 11 is 12.3. The van der Waals surface area contributed by atoms with Crippen molar-refractivity contribution in [3.63, 3.8) is 0 Å². The second kappa shape index (κ2) is 7.49. The van der Waals surface area contributed by atoms with Crippen molar-refractivity contribution >= 4 is 34.9 Å². The van der Waals surface area contributed by atoms with Crippen LogP contribution in [0.1, 0.15) is 30.9 Å². The summed E-state index contributed by atoms with van der Waals surface area (Å²) in [5.74, 6) is 2.09. The number of likely N-dealkylation sites (tertiary alicyclic amines) is 1. The third kappa shape index (κ3) is 3.99. The fourth-order valence-electron chi connectivity index (χ4n) is 2.81. The number of aromatic nitrogens is 3. The molecule has 3 rings (SSSR count). The minimum atomic E-state index is -0.203. The second-order valence-electron chi connectivity index (χ2n) is 5.84. The quantitative estimate of drug-likeness (QED) is 0.839. The summed E-state index contributed by atoms with van der Waals surface area (Å²) < 4.78 is 5.39. The summed E-state index contributed by atoms with van der Waals surface area (Å²) in [6.07, 6.45) is 0.829. The van der Waals surface area contributed by atoms with Gasteiger partial charge in [0.15, 0.2) is 11.6 Å². The Balaban J connectivity index is 1.65. The number of carbonyl (C=O) groups excluding carboxylic acids is 1. The molecule has 0 aliphatic carbocycles. The van der Waals surface area contributed by atoms with E-state index >= 15 is 0 Å². The van der Waals surface area contributed by atoms with E-state index in [0.29, 0.717) is 41.2 Å². The largest absolute Gasteiger partial charge is 0.491 e. The number of aromatic amines is 1. The lowest BCUT2D eigenvalue weighted by atomic mass is 10.1. The molecule has 7 nitrogen and oxygen atoms in total. The number of hydrogen-bond donors (Lipinski definition) is 2. The van der Waals surface area contributed by atoms with Crippen molar-refractivity contribution in [1.82, 2.24) is 20.1 Å². The van der Waals surface area contributed by atoms with Crippen LogP contribution in [0, 0.1) is 6.92 Å². The molecule has 2 amide bonds.